The van der Waals surface area contributed by atoms with Crippen molar-refractivity contribution in [2.24, 2.45) is 0 Å². The third-order valence-electron chi connectivity index (χ3n) is 6.31. The van der Waals surface area contributed by atoms with Crippen molar-refractivity contribution in [2.45, 2.75) is 0 Å². The van der Waals surface area contributed by atoms with Crippen LogP contribution in [0.5, 0.6) is 0 Å². The standard InChI is InChI=1S/C26H13N3S2/c1-2-6-19-16(4-1)22-20(30-19)10-8-15-14-7-9-18-21(24(14)31-25(15)22)17-5-3-11-27-23(17)26-28-12-13-29(18)26/h1-13H. The summed E-state index contributed by atoms with van der Waals surface area (Å²) in [7, 11) is 0. The number of fused-ring (bicyclic) bond motifs is 14. The van der Waals surface area contributed by atoms with Gasteiger partial charge in [-0.05, 0) is 24.3 Å². The second-order valence-corrected chi connectivity index (χ2v) is 9.98. The smallest absolute Gasteiger partial charge is 0.163 e. The Bertz CT molecular complexity index is 2010. The van der Waals surface area contributed by atoms with Crippen molar-refractivity contribution in [3.8, 4) is 0 Å². The minimum absolute atomic E-state index is 0.912. The normalized spacial score (nSPS) is 12.5. The van der Waals surface area contributed by atoms with Gasteiger partial charge in [0.15, 0.2) is 5.65 Å². The van der Waals surface area contributed by atoms with Crippen molar-refractivity contribution in [3.63, 3.8) is 0 Å². The summed E-state index contributed by atoms with van der Waals surface area (Å²) in [6, 6.07) is 22.1. The second kappa shape index (κ2) is 5.58. The first-order chi connectivity index (χ1) is 15.4. The molecule has 0 fully saturated rings. The summed E-state index contributed by atoms with van der Waals surface area (Å²) < 4.78 is 7.57. The summed E-state index contributed by atoms with van der Waals surface area (Å²) >= 11 is 3.79. The van der Waals surface area contributed by atoms with E-state index >= 15 is 0 Å². The lowest BCUT2D eigenvalue weighted by atomic mass is 10.0. The first kappa shape index (κ1) is 16.2. The zero-order valence-corrected chi connectivity index (χ0v) is 17.8. The van der Waals surface area contributed by atoms with Gasteiger partial charge >= 0.3 is 0 Å². The number of benzene rings is 3. The van der Waals surface area contributed by atoms with Crippen LogP contribution in [0.25, 0.3) is 67.8 Å². The highest BCUT2D eigenvalue weighted by Gasteiger charge is 2.18. The van der Waals surface area contributed by atoms with E-state index < -0.39 is 0 Å². The quantitative estimate of drug-likeness (QED) is 0.230. The van der Waals surface area contributed by atoms with E-state index in [2.05, 4.69) is 64.0 Å². The van der Waals surface area contributed by atoms with E-state index in [1.807, 2.05) is 47.3 Å². The van der Waals surface area contributed by atoms with Crippen LogP contribution in [0.3, 0.4) is 0 Å². The fourth-order valence-corrected chi connectivity index (χ4v) is 7.61. The Kier molecular flexibility index (Phi) is 2.91. The van der Waals surface area contributed by atoms with E-state index in [1.165, 1.54) is 56.6 Å². The number of pyridine rings is 2. The number of hydrogen-bond acceptors (Lipinski definition) is 4. The van der Waals surface area contributed by atoms with Gasteiger partial charge in [0.25, 0.3) is 0 Å². The molecule has 0 amide bonds. The molecule has 0 unspecified atom stereocenters. The number of imidazole rings is 1. The predicted octanol–water partition coefficient (Wildman–Crippen LogP) is 7.77. The molecule has 0 bridgehead atoms. The van der Waals surface area contributed by atoms with Crippen LogP contribution < -0.4 is 0 Å². The molecule has 0 saturated carbocycles. The van der Waals surface area contributed by atoms with Gasteiger partial charge in [0.2, 0.25) is 0 Å². The highest BCUT2D eigenvalue weighted by molar-refractivity contribution is 7.30. The average Bonchev–Trinajstić information content (AvgIpc) is 3.53. The molecule has 0 spiro atoms. The maximum absolute atomic E-state index is 4.70. The van der Waals surface area contributed by atoms with Gasteiger partial charge in [0.05, 0.1) is 5.52 Å². The summed E-state index contributed by atoms with van der Waals surface area (Å²) in [6.07, 6.45) is 5.75. The lowest BCUT2D eigenvalue weighted by Crippen LogP contribution is -1.92. The number of aromatic nitrogens is 3. The molecule has 5 heteroatoms. The van der Waals surface area contributed by atoms with Crippen LogP contribution in [-0.4, -0.2) is 14.4 Å². The predicted molar refractivity (Wildman–Crippen MR) is 134 cm³/mol. The van der Waals surface area contributed by atoms with Crippen LogP contribution in [0.4, 0.5) is 0 Å². The molecule has 0 radical (unpaired) electrons. The minimum atomic E-state index is 0.912. The molecule has 0 atom stereocenters. The fourth-order valence-electron chi connectivity index (χ4n) is 5.02. The van der Waals surface area contributed by atoms with Crippen LogP contribution >= 0.6 is 22.7 Å². The van der Waals surface area contributed by atoms with Gasteiger partial charge < -0.3 is 0 Å². The van der Waals surface area contributed by atoms with Crippen molar-refractivity contribution in [2.75, 3.05) is 0 Å². The molecule has 0 saturated heterocycles. The Morgan fingerprint density at radius 1 is 0.613 bits per heavy atom. The summed E-state index contributed by atoms with van der Waals surface area (Å²) in [5, 5.41) is 7.82. The molecular weight excluding hydrogens is 418 g/mol. The highest BCUT2D eigenvalue weighted by atomic mass is 32.1. The first-order valence-electron chi connectivity index (χ1n) is 10.2. The van der Waals surface area contributed by atoms with Gasteiger partial charge in [-0.2, -0.15) is 0 Å². The minimum Gasteiger partial charge on any atom is -0.298 e. The molecule has 8 rings (SSSR count). The largest absolute Gasteiger partial charge is 0.298 e. The second-order valence-electron chi connectivity index (χ2n) is 7.87. The van der Waals surface area contributed by atoms with Crippen molar-refractivity contribution in [1.82, 2.24) is 14.4 Å². The third-order valence-corrected chi connectivity index (χ3v) is 8.71. The number of rotatable bonds is 0. The van der Waals surface area contributed by atoms with Gasteiger partial charge in [-0.3, -0.25) is 9.38 Å². The molecule has 8 aromatic rings. The zero-order valence-electron chi connectivity index (χ0n) is 16.2. The molecule has 5 heterocycles. The van der Waals surface area contributed by atoms with Gasteiger partial charge in [-0.25, -0.2) is 4.98 Å². The van der Waals surface area contributed by atoms with E-state index in [0.29, 0.717) is 0 Å². The lowest BCUT2D eigenvalue weighted by Gasteiger charge is -2.08. The van der Waals surface area contributed by atoms with E-state index in [-0.39, 0.29) is 0 Å². The maximum atomic E-state index is 4.70. The van der Waals surface area contributed by atoms with Gasteiger partial charge in [0, 0.05) is 69.7 Å². The van der Waals surface area contributed by atoms with E-state index in [9.17, 15) is 0 Å². The summed E-state index contributed by atoms with van der Waals surface area (Å²) in [5.41, 5.74) is 3.05. The lowest BCUT2D eigenvalue weighted by molar-refractivity contribution is 1.26. The Morgan fingerprint density at radius 3 is 2.42 bits per heavy atom. The molecule has 0 aliphatic rings. The van der Waals surface area contributed by atoms with Crippen LogP contribution in [0.1, 0.15) is 0 Å². The molecule has 5 aromatic heterocycles. The van der Waals surface area contributed by atoms with Crippen molar-refractivity contribution in [3.05, 3.63) is 79.3 Å². The third kappa shape index (κ3) is 1.93. The molecule has 0 N–H and O–H groups in total. The molecule has 144 valence electrons. The Balaban J connectivity index is 1.69. The van der Waals surface area contributed by atoms with Crippen molar-refractivity contribution < 1.29 is 0 Å². The van der Waals surface area contributed by atoms with Crippen LogP contribution in [0, 0.1) is 0 Å². The molecule has 0 aliphatic heterocycles. The molecular formula is C26H13N3S2. The van der Waals surface area contributed by atoms with Crippen LogP contribution in [0.15, 0.2) is 79.3 Å². The van der Waals surface area contributed by atoms with E-state index in [4.69, 9.17) is 4.98 Å². The highest BCUT2D eigenvalue weighted by Crippen LogP contribution is 2.47. The van der Waals surface area contributed by atoms with E-state index in [1.54, 1.807) is 0 Å². The molecule has 31 heavy (non-hydrogen) atoms. The average molecular weight is 432 g/mol. The molecule has 3 aromatic carbocycles. The Hall–Kier alpha value is -3.54. The van der Waals surface area contributed by atoms with Gasteiger partial charge in [0.1, 0.15) is 5.52 Å². The van der Waals surface area contributed by atoms with Crippen LogP contribution in [-0.2, 0) is 0 Å². The van der Waals surface area contributed by atoms with Gasteiger partial charge in [-0.15, -0.1) is 22.7 Å². The number of thiophene rings is 2. The van der Waals surface area contributed by atoms with Gasteiger partial charge in [-0.1, -0.05) is 36.4 Å². The fraction of sp³-hybridized carbons (Fsp3) is 0. The molecule has 0 aliphatic carbocycles. The topological polar surface area (TPSA) is 30.2 Å². The SMILES string of the molecule is c1ccc2c(c1)sc1ccc3c4ccc5c(c6cccnc6c6nccn56)c4sc3c12. The van der Waals surface area contributed by atoms with Crippen molar-refractivity contribution in [1.29, 1.82) is 0 Å². The summed E-state index contributed by atoms with van der Waals surface area (Å²) in [6.45, 7) is 0. The van der Waals surface area contributed by atoms with Crippen LogP contribution in [0.2, 0.25) is 0 Å². The van der Waals surface area contributed by atoms with E-state index in [0.717, 1.165) is 11.2 Å². The Morgan fingerprint density at radius 2 is 1.45 bits per heavy atom. The first-order valence-corrected chi connectivity index (χ1v) is 11.8. The Labute approximate surface area is 183 Å². The summed E-state index contributed by atoms with van der Waals surface area (Å²) in [5.74, 6) is 0. The van der Waals surface area contributed by atoms with Crippen molar-refractivity contribution >= 4 is 90.5 Å². The number of nitrogens with zero attached hydrogens (tertiary/aromatic N) is 3. The monoisotopic (exact) mass is 431 g/mol. The molecule has 3 nitrogen and oxygen atoms in total. The maximum Gasteiger partial charge on any atom is 0.163 e. The summed E-state index contributed by atoms with van der Waals surface area (Å²) in [4.78, 5) is 9.29. The zero-order chi connectivity index (χ0) is 20.1. The number of hydrogen-bond donors (Lipinski definition) is 0.